The first-order valence-electron chi connectivity index (χ1n) is 5.79. The van der Waals surface area contributed by atoms with Crippen molar-refractivity contribution in [2.45, 2.75) is 26.4 Å². The van der Waals surface area contributed by atoms with E-state index in [1.165, 1.54) is 18.2 Å². The molecule has 0 radical (unpaired) electrons. The summed E-state index contributed by atoms with van der Waals surface area (Å²) in [6, 6.07) is 5.95. The topological polar surface area (TPSA) is 85.4 Å². The van der Waals surface area contributed by atoms with Gasteiger partial charge in [-0.3, -0.25) is 10.1 Å². The van der Waals surface area contributed by atoms with Crippen LogP contribution in [0.25, 0.3) is 0 Å². The number of nitrogens with zero attached hydrogens (tertiary/aromatic N) is 2. The van der Waals surface area contributed by atoms with Crippen molar-refractivity contribution in [1.29, 1.82) is 5.26 Å². The maximum Gasteiger partial charge on any atom is 0.312 e. The number of rotatable bonds is 5. The fraction of sp³-hybridized carbons (Fsp3) is 0.462. The van der Waals surface area contributed by atoms with Gasteiger partial charge in [0.2, 0.25) is 0 Å². The van der Waals surface area contributed by atoms with Crippen LogP contribution in [0.3, 0.4) is 0 Å². The molecule has 0 aromatic heterocycles. The first-order valence-corrected chi connectivity index (χ1v) is 5.79. The van der Waals surface area contributed by atoms with Crippen LogP contribution in [0.1, 0.15) is 26.3 Å². The van der Waals surface area contributed by atoms with Crippen LogP contribution in [0, 0.1) is 21.4 Å². The van der Waals surface area contributed by atoms with Gasteiger partial charge in [0, 0.05) is 6.07 Å². The molecule has 6 nitrogen and oxygen atoms in total. The van der Waals surface area contributed by atoms with Crippen molar-refractivity contribution in [1.82, 2.24) is 0 Å². The van der Waals surface area contributed by atoms with Crippen molar-refractivity contribution in [2.75, 3.05) is 13.2 Å². The third-order valence-corrected chi connectivity index (χ3v) is 2.16. The van der Waals surface area contributed by atoms with Crippen molar-refractivity contribution in [3.05, 3.63) is 33.9 Å². The normalized spacial score (nSPS) is 10.8. The molecule has 1 rings (SSSR count). The van der Waals surface area contributed by atoms with Crippen molar-refractivity contribution >= 4 is 5.69 Å². The number of hydrogen-bond donors (Lipinski definition) is 0. The molecule has 0 spiro atoms. The molecule has 0 amide bonds. The minimum atomic E-state index is -0.569. The van der Waals surface area contributed by atoms with Crippen LogP contribution in [0.5, 0.6) is 5.75 Å². The van der Waals surface area contributed by atoms with Crippen LogP contribution in [-0.4, -0.2) is 23.7 Å². The minimum Gasteiger partial charge on any atom is -0.484 e. The second kappa shape index (κ2) is 6.16. The van der Waals surface area contributed by atoms with Crippen LogP contribution in [0.15, 0.2) is 18.2 Å². The van der Waals surface area contributed by atoms with E-state index in [0.29, 0.717) is 6.61 Å². The molecule has 0 N–H and O–H groups in total. The summed E-state index contributed by atoms with van der Waals surface area (Å²) >= 11 is 0. The summed E-state index contributed by atoms with van der Waals surface area (Å²) in [7, 11) is 0. The van der Waals surface area contributed by atoms with Crippen molar-refractivity contribution in [3.8, 4) is 11.8 Å². The predicted octanol–water partition coefficient (Wildman–Crippen LogP) is 2.66. The van der Waals surface area contributed by atoms with Crippen LogP contribution in [-0.2, 0) is 4.74 Å². The highest BCUT2D eigenvalue weighted by Gasteiger charge is 2.16. The van der Waals surface area contributed by atoms with E-state index in [1.54, 1.807) is 0 Å². The van der Waals surface area contributed by atoms with Gasteiger partial charge < -0.3 is 9.47 Å². The smallest absolute Gasteiger partial charge is 0.312 e. The monoisotopic (exact) mass is 264 g/mol. The van der Waals surface area contributed by atoms with Crippen LogP contribution >= 0.6 is 0 Å². The van der Waals surface area contributed by atoms with Crippen molar-refractivity contribution < 1.29 is 14.4 Å². The maximum atomic E-state index is 10.9. The zero-order chi connectivity index (χ0) is 14.5. The number of nitro benzene ring substituents is 1. The van der Waals surface area contributed by atoms with E-state index in [1.807, 2.05) is 26.8 Å². The molecule has 0 saturated carbocycles. The maximum absolute atomic E-state index is 10.9. The summed E-state index contributed by atoms with van der Waals surface area (Å²) in [5.41, 5.74) is -0.264. The third kappa shape index (κ3) is 4.94. The van der Waals surface area contributed by atoms with Crippen LogP contribution in [0.2, 0.25) is 0 Å². The van der Waals surface area contributed by atoms with E-state index < -0.39 is 4.92 Å². The van der Waals surface area contributed by atoms with Gasteiger partial charge in [0.15, 0.2) is 5.75 Å². The Bertz CT molecular complexity index is 500. The van der Waals surface area contributed by atoms with E-state index in [0.717, 1.165) is 0 Å². The predicted molar refractivity (Wildman–Crippen MR) is 69.0 cm³/mol. The Morgan fingerprint density at radius 3 is 2.58 bits per heavy atom. The lowest BCUT2D eigenvalue weighted by atomic mass is 10.2. The van der Waals surface area contributed by atoms with Gasteiger partial charge in [-0.05, 0) is 32.9 Å². The van der Waals surface area contributed by atoms with Gasteiger partial charge in [0.05, 0.1) is 28.8 Å². The Balaban J connectivity index is 2.68. The molecule has 0 fully saturated rings. The van der Waals surface area contributed by atoms with E-state index >= 15 is 0 Å². The minimum absolute atomic E-state index is 0.140. The number of nitro groups is 1. The molecular weight excluding hydrogens is 248 g/mol. The molecule has 0 atom stereocenters. The zero-order valence-corrected chi connectivity index (χ0v) is 11.2. The summed E-state index contributed by atoms with van der Waals surface area (Å²) in [6.07, 6.45) is 0. The lowest BCUT2D eigenvalue weighted by Gasteiger charge is -2.19. The Morgan fingerprint density at radius 2 is 2.05 bits per heavy atom. The van der Waals surface area contributed by atoms with Crippen LogP contribution < -0.4 is 4.74 Å². The average molecular weight is 264 g/mol. The highest BCUT2D eigenvalue weighted by Crippen LogP contribution is 2.27. The third-order valence-electron chi connectivity index (χ3n) is 2.16. The Labute approximate surface area is 111 Å². The number of benzene rings is 1. The standard InChI is InChI=1S/C13H16N2O4/c1-13(2,3)19-7-6-18-12-5-4-10(9-14)8-11(12)15(16)17/h4-5,8H,6-7H2,1-3H3. The van der Waals surface area contributed by atoms with E-state index in [9.17, 15) is 10.1 Å². The molecule has 6 heteroatoms. The Kier molecular flexibility index (Phi) is 4.84. The van der Waals surface area contributed by atoms with Gasteiger partial charge in [0.1, 0.15) is 6.61 Å². The average Bonchev–Trinajstić information content (AvgIpc) is 2.33. The molecule has 0 aliphatic rings. The van der Waals surface area contributed by atoms with Crippen LogP contribution in [0.4, 0.5) is 5.69 Å². The van der Waals surface area contributed by atoms with Gasteiger partial charge in [-0.25, -0.2) is 0 Å². The summed E-state index contributed by atoms with van der Waals surface area (Å²) < 4.78 is 10.8. The SMILES string of the molecule is CC(C)(C)OCCOc1ccc(C#N)cc1[N+](=O)[O-]. The Morgan fingerprint density at radius 1 is 1.37 bits per heavy atom. The summed E-state index contributed by atoms with van der Waals surface area (Å²) in [5.74, 6) is 0.140. The van der Waals surface area contributed by atoms with Gasteiger partial charge in [-0.1, -0.05) is 0 Å². The molecular formula is C13H16N2O4. The van der Waals surface area contributed by atoms with E-state index in [2.05, 4.69) is 0 Å². The van der Waals surface area contributed by atoms with E-state index in [4.69, 9.17) is 14.7 Å². The molecule has 102 valence electrons. The number of ether oxygens (including phenoxy) is 2. The molecule has 0 aliphatic heterocycles. The van der Waals surface area contributed by atoms with Crippen molar-refractivity contribution in [3.63, 3.8) is 0 Å². The van der Waals surface area contributed by atoms with Gasteiger partial charge in [0.25, 0.3) is 0 Å². The second-order valence-electron chi connectivity index (χ2n) is 4.86. The second-order valence-corrected chi connectivity index (χ2v) is 4.86. The lowest BCUT2D eigenvalue weighted by molar-refractivity contribution is -0.385. The molecule has 1 aromatic carbocycles. The quantitative estimate of drug-likeness (QED) is 0.463. The lowest BCUT2D eigenvalue weighted by Crippen LogP contribution is -2.22. The first-order chi connectivity index (χ1) is 8.83. The molecule has 0 saturated heterocycles. The zero-order valence-electron chi connectivity index (χ0n) is 11.2. The highest BCUT2D eigenvalue weighted by molar-refractivity contribution is 5.51. The first kappa shape index (κ1) is 14.9. The summed E-state index contributed by atoms with van der Waals surface area (Å²) in [6.45, 7) is 6.29. The van der Waals surface area contributed by atoms with Gasteiger partial charge in [-0.15, -0.1) is 0 Å². The van der Waals surface area contributed by atoms with Gasteiger partial charge >= 0.3 is 5.69 Å². The summed E-state index contributed by atoms with van der Waals surface area (Å²) in [4.78, 5) is 10.3. The van der Waals surface area contributed by atoms with Gasteiger partial charge in [-0.2, -0.15) is 5.26 Å². The van der Waals surface area contributed by atoms with E-state index in [-0.39, 0.29) is 29.2 Å². The number of hydrogen-bond acceptors (Lipinski definition) is 5. The molecule has 0 aliphatic carbocycles. The summed E-state index contributed by atoms with van der Waals surface area (Å²) in [5, 5.41) is 19.6. The number of nitriles is 1. The molecule has 19 heavy (non-hydrogen) atoms. The molecule has 0 bridgehead atoms. The fourth-order valence-electron chi connectivity index (χ4n) is 1.35. The fourth-order valence-corrected chi connectivity index (χ4v) is 1.35. The Hall–Kier alpha value is -2.13. The van der Waals surface area contributed by atoms with Crippen molar-refractivity contribution in [2.24, 2.45) is 0 Å². The molecule has 0 unspecified atom stereocenters. The highest BCUT2D eigenvalue weighted by atomic mass is 16.6. The largest absolute Gasteiger partial charge is 0.484 e. The molecule has 0 heterocycles. The molecule has 1 aromatic rings.